The molecule has 3 nitrogen and oxygen atoms in total. The predicted molar refractivity (Wildman–Crippen MR) is 78.0 cm³/mol. The third-order valence-electron chi connectivity index (χ3n) is 2.99. The molecule has 0 bridgehead atoms. The molecule has 4 heteroatoms. The second kappa shape index (κ2) is 6.78. The lowest BCUT2D eigenvalue weighted by Gasteiger charge is -2.15. The molecule has 0 saturated heterocycles. The molecule has 1 aromatic rings. The lowest BCUT2D eigenvalue weighted by molar-refractivity contribution is 0.600. The summed E-state index contributed by atoms with van der Waals surface area (Å²) in [5, 5.41) is 3.39. The molecular weight excluding hydrogens is 246 g/mol. The largest absolute Gasteiger partial charge is 0.385 e. The van der Waals surface area contributed by atoms with Gasteiger partial charge in [0.15, 0.2) is 0 Å². The summed E-state index contributed by atoms with van der Waals surface area (Å²) in [5.41, 5.74) is 3.79. The van der Waals surface area contributed by atoms with Crippen LogP contribution in [0.3, 0.4) is 0 Å². The van der Waals surface area contributed by atoms with E-state index < -0.39 is 9.84 Å². The Morgan fingerprint density at radius 1 is 1.11 bits per heavy atom. The van der Waals surface area contributed by atoms with Gasteiger partial charge < -0.3 is 5.32 Å². The summed E-state index contributed by atoms with van der Waals surface area (Å²) in [6.45, 7) is 4.98. The van der Waals surface area contributed by atoms with Gasteiger partial charge in [-0.3, -0.25) is 0 Å². The van der Waals surface area contributed by atoms with E-state index in [1.165, 1.54) is 23.1 Å². The predicted octanol–water partition coefficient (Wildman–Crippen LogP) is 2.66. The molecule has 1 N–H and O–H groups in total. The smallest absolute Gasteiger partial charge is 0.147 e. The molecule has 0 saturated carbocycles. The van der Waals surface area contributed by atoms with E-state index >= 15 is 0 Å². The molecule has 0 aromatic heterocycles. The average molecular weight is 269 g/mol. The maximum absolute atomic E-state index is 11.1. The zero-order valence-electron chi connectivity index (χ0n) is 11.5. The van der Waals surface area contributed by atoms with Crippen molar-refractivity contribution in [1.82, 2.24) is 0 Å². The summed E-state index contributed by atoms with van der Waals surface area (Å²) in [7, 11) is -2.85. The first-order valence-corrected chi connectivity index (χ1v) is 8.56. The lowest BCUT2D eigenvalue weighted by atomic mass is 10.0. The Kier molecular flexibility index (Phi) is 5.66. The topological polar surface area (TPSA) is 46.2 Å². The highest BCUT2D eigenvalue weighted by atomic mass is 32.2. The Labute approximate surface area is 111 Å². The number of para-hydroxylation sites is 1. The standard InChI is InChI=1S/C14H23NO2S/c1-4-12-8-6-9-13(5-2)14(12)15-10-7-11-18(3,16)17/h6,8-9,15H,4-5,7,10-11H2,1-3H3. The molecule has 0 heterocycles. The van der Waals surface area contributed by atoms with Crippen LogP contribution >= 0.6 is 0 Å². The van der Waals surface area contributed by atoms with Crippen molar-refractivity contribution in [2.75, 3.05) is 23.9 Å². The highest BCUT2D eigenvalue weighted by molar-refractivity contribution is 7.90. The van der Waals surface area contributed by atoms with Crippen molar-refractivity contribution < 1.29 is 8.42 Å². The number of hydrogen-bond acceptors (Lipinski definition) is 3. The van der Waals surface area contributed by atoms with Gasteiger partial charge in [-0.25, -0.2) is 8.42 Å². The second-order valence-corrected chi connectivity index (χ2v) is 6.83. The van der Waals surface area contributed by atoms with Crippen molar-refractivity contribution in [3.8, 4) is 0 Å². The van der Waals surface area contributed by atoms with Crippen LogP contribution in [-0.4, -0.2) is 27.0 Å². The molecule has 0 aliphatic heterocycles. The molecule has 1 aromatic carbocycles. The third-order valence-corrected chi connectivity index (χ3v) is 4.02. The van der Waals surface area contributed by atoms with E-state index in [1.807, 2.05) is 0 Å². The molecule has 0 aliphatic rings. The van der Waals surface area contributed by atoms with E-state index in [1.54, 1.807) is 0 Å². The molecule has 1 rings (SSSR count). The molecule has 0 fully saturated rings. The number of rotatable bonds is 7. The summed E-state index contributed by atoms with van der Waals surface area (Å²) in [4.78, 5) is 0. The SMILES string of the molecule is CCc1cccc(CC)c1NCCCS(C)(=O)=O. The van der Waals surface area contributed by atoms with Gasteiger partial charge in [0.2, 0.25) is 0 Å². The van der Waals surface area contributed by atoms with E-state index in [0.717, 1.165) is 12.8 Å². The van der Waals surface area contributed by atoms with Crippen molar-refractivity contribution in [3.63, 3.8) is 0 Å². The van der Waals surface area contributed by atoms with Crippen LogP contribution in [0.1, 0.15) is 31.4 Å². The van der Waals surface area contributed by atoms with E-state index in [0.29, 0.717) is 13.0 Å². The minimum absolute atomic E-state index is 0.246. The first kappa shape index (κ1) is 15.0. The number of hydrogen-bond donors (Lipinski definition) is 1. The van der Waals surface area contributed by atoms with Gasteiger partial charge in [-0.15, -0.1) is 0 Å². The quantitative estimate of drug-likeness (QED) is 0.774. The monoisotopic (exact) mass is 269 g/mol. The summed E-state index contributed by atoms with van der Waals surface area (Å²) in [5.74, 6) is 0.246. The van der Waals surface area contributed by atoms with Crippen LogP contribution in [0.2, 0.25) is 0 Å². The molecule has 102 valence electrons. The number of benzene rings is 1. The normalized spacial score (nSPS) is 11.5. The average Bonchev–Trinajstić information content (AvgIpc) is 2.33. The van der Waals surface area contributed by atoms with Crippen LogP contribution < -0.4 is 5.32 Å². The summed E-state index contributed by atoms with van der Waals surface area (Å²) in [6, 6.07) is 6.33. The van der Waals surface area contributed by atoms with E-state index in [-0.39, 0.29) is 5.75 Å². The van der Waals surface area contributed by atoms with Crippen LogP contribution in [0.15, 0.2) is 18.2 Å². The number of anilines is 1. The highest BCUT2D eigenvalue weighted by Gasteiger charge is 2.06. The van der Waals surface area contributed by atoms with Gasteiger partial charge in [-0.05, 0) is 30.4 Å². The molecule has 0 aliphatic carbocycles. The highest BCUT2D eigenvalue weighted by Crippen LogP contribution is 2.22. The first-order valence-electron chi connectivity index (χ1n) is 6.50. The number of nitrogens with one attached hydrogen (secondary N) is 1. The van der Waals surface area contributed by atoms with Crippen LogP contribution in [0.4, 0.5) is 5.69 Å². The van der Waals surface area contributed by atoms with Crippen molar-refractivity contribution in [3.05, 3.63) is 29.3 Å². The Balaban J connectivity index is 2.66. The van der Waals surface area contributed by atoms with Gasteiger partial charge in [0.1, 0.15) is 9.84 Å². The number of sulfone groups is 1. The van der Waals surface area contributed by atoms with Crippen molar-refractivity contribution in [1.29, 1.82) is 0 Å². The summed E-state index contributed by atoms with van der Waals surface area (Å²) < 4.78 is 22.1. The molecule has 0 spiro atoms. The van der Waals surface area contributed by atoms with Crippen LogP contribution in [0.25, 0.3) is 0 Å². The molecule has 0 amide bonds. The zero-order chi connectivity index (χ0) is 13.6. The fourth-order valence-electron chi connectivity index (χ4n) is 2.02. The maximum atomic E-state index is 11.1. The Hall–Kier alpha value is -1.03. The minimum atomic E-state index is -2.85. The fraction of sp³-hybridized carbons (Fsp3) is 0.571. The Bertz CT molecular complexity index is 458. The Morgan fingerprint density at radius 3 is 2.11 bits per heavy atom. The molecular formula is C14H23NO2S. The summed E-state index contributed by atoms with van der Waals surface area (Å²) in [6.07, 6.45) is 3.91. The van der Waals surface area contributed by atoms with Gasteiger partial charge in [-0.1, -0.05) is 32.0 Å². The fourth-order valence-corrected chi connectivity index (χ4v) is 2.69. The van der Waals surface area contributed by atoms with Gasteiger partial charge in [0.25, 0.3) is 0 Å². The molecule has 18 heavy (non-hydrogen) atoms. The molecule has 0 atom stereocenters. The van der Waals surface area contributed by atoms with Crippen molar-refractivity contribution in [2.45, 2.75) is 33.1 Å². The van der Waals surface area contributed by atoms with Gasteiger partial charge >= 0.3 is 0 Å². The minimum Gasteiger partial charge on any atom is -0.385 e. The maximum Gasteiger partial charge on any atom is 0.147 e. The zero-order valence-corrected chi connectivity index (χ0v) is 12.3. The first-order chi connectivity index (χ1) is 8.48. The second-order valence-electron chi connectivity index (χ2n) is 4.57. The van der Waals surface area contributed by atoms with E-state index in [4.69, 9.17) is 0 Å². The van der Waals surface area contributed by atoms with E-state index in [2.05, 4.69) is 37.4 Å². The van der Waals surface area contributed by atoms with Crippen LogP contribution in [0.5, 0.6) is 0 Å². The van der Waals surface area contributed by atoms with Crippen molar-refractivity contribution in [2.24, 2.45) is 0 Å². The summed E-state index contributed by atoms with van der Waals surface area (Å²) >= 11 is 0. The van der Waals surface area contributed by atoms with Crippen LogP contribution in [0, 0.1) is 0 Å². The molecule has 0 unspecified atom stereocenters. The van der Waals surface area contributed by atoms with Gasteiger partial charge in [-0.2, -0.15) is 0 Å². The van der Waals surface area contributed by atoms with Crippen molar-refractivity contribution >= 4 is 15.5 Å². The lowest BCUT2D eigenvalue weighted by Crippen LogP contribution is -2.11. The third kappa shape index (κ3) is 4.69. The Morgan fingerprint density at radius 2 is 1.67 bits per heavy atom. The van der Waals surface area contributed by atoms with E-state index in [9.17, 15) is 8.42 Å². The number of aryl methyl sites for hydroxylation is 2. The van der Waals surface area contributed by atoms with Crippen LogP contribution in [-0.2, 0) is 22.7 Å². The molecule has 0 radical (unpaired) electrons. The van der Waals surface area contributed by atoms with Gasteiger partial charge in [0, 0.05) is 18.5 Å². The van der Waals surface area contributed by atoms with Gasteiger partial charge in [0.05, 0.1) is 5.75 Å².